The first-order valence-electron chi connectivity index (χ1n) is 8.37. The van der Waals surface area contributed by atoms with Gasteiger partial charge in [0.25, 0.3) is 0 Å². The van der Waals surface area contributed by atoms with Crippen molar-refractivity contribution < 1.29 is 8.42 Å². The van der Waals surface area contributed by atoms with E-state index in [1.54, 1.807) is 0 Å². The van der Waals surface area contributed by atoms with E-state index >= 15 is 0 Å². The second-order valence-electron chi connectivity index (χ2n) is 8.35. The minimum Gasteiger partial charge on any atom is -0.308 e. The van der Waals surface area contributed by atoms with E-state index in [-0.39, 0.29) is 11.1 Å². The van der Waals surface area contributed by atoms with Crippen molar-refractivity contribution >= 4 is 9.84 Å². The lowest BCUT2D eigenvalue weighted by Gasteiger charge is -2.54. The van der Waals surface area contributed by atoms with Crippen LogP contribution in [0.4, 0.5) is 0 Å². The highest BCUT2D eigenvalue weighted by Crippen LogP contribution is 2.44. The van der Waals surface area contributed by atoms with Crippen molar-refractivity contribution in [3.63, 3.8) is 0 Å². The van der Waals surface area contributed by atoms with Crippen molar-refractivity contribution in [1.29, 1.82) is 0 Å². The average molecular weight is 314 g/mol. The summed E-state index contributed by atoms with van der Waals surface area (Å²) in [4.78, 5) is 2.55. The SMILES string of the molecule is CC(C)C1CNC(C)(C2CC2)CN1C1(C)CCS(=O)(=O)C1. The quantitative estimate of drug-likeness (QED) is 0.861. The number of sulfone groups is 1. The van der Waals surface area contributed by atoms with E-state index < -0.39 is 9.84 Å². The molecule has 0 radical (unpaired) electrons. The summed E-state index contributed by atoms with van der Waals surface area (Å²) in [6, 6.07) is 0.440. The highest BCUT2D eigenvalue weighted by molar-refractivity contribution is 7.91. The largest absolute Gasteiger partial charge is 0.308 e. The van der Waals surface area contributed by atoms with Crippen LogP contribution >= 0.6 is 0 Å². The molecule has 2 saturated heterocycles. The second-order valence-corrected chi connectivity index (χ2v) is 10.5. The molecule has 0 aromatic rings. The van der Waals surface area contributed by atoms with Gasteiger partial charge in [-0.3, -0.25) is 4.90 Å². The molecule has 0 aromatic heterocycles. The zero-order chi connectivity index (χ0) is 15.5. The Bertz CT molecular complexity index is 514. The maximum atomic E-state index is 12.0. The van der Waals surface area contributed by atoms with Crippen LogP contribution in [0.15, 0.2) is 0 Å². The highest BCUT2D eigenvalue weighted by atomic mass is 32.2. The average Bonchev–Trinajstić information content (AvgIpc) is 3.17. The van der Waals surface area contributed by atoms with Crippen LogP contribution in [0.2, 0.25) is 0 Å². The Labute approximate surface area is 129 Å². The molecule has 1 aliphatic carbocycles. The Morgan fingerprint density at radius 3 is 2.38 bits per heavy atom. The zero-order valence-electron chi connectivity index (χ0n) is 13.9. The van der Waals surface area contributed by atoms with Gasteiger partial charge in [-0.25, -0.2) is 8.42 Å². The molecule has 3 atom stereocenters. The molecule has 2 aliphatic heterocycles. The highest BCUT2D eigenvalue weighted by Gasteiger charge is 2.53. The fourth-order valence-corrected chi connectivity index (χ4v) is 6.53. The maximum absolute atomic E-state index is 12.0. The maximum Gasteiger partial charge on any atom is 0.152 e. The van der Waals surface area contributed by atoms with Crippen molar-refractivity contribution in [1.82, 2.24) is 10.2 Å². The summed E-state index contributed by atoms with van der Waals surface area (Å²) in [6.07, 6.45) is 3.43. The first-order chi connectivity index (χ1) is 9.65. The van der Waals surface area contributed by atoms with E-state index in [2.05, 4.69) is 37.9 Å². The van der Waals surface area contributed by atoms with Crippen molar-refractivity contribution in [3.8, 4) is 0 Å². The van der Waals surface area contributed by atoms with Crippen LogP contribution in [0.25, 0.3) is 0 Å². The van der Waals surface area contributed by atoms with Gasteiger partial charge in [-0.05, 0) is 44.9 Å². The molecule has 1 N–H and O–H groups in total. The number of piperazine rings is 1. The molecule has 3 fully saturated rings. The topological polar surface area (TPSA) is 49.4 Å². The smallest absolute Gasteiger partial charge is 0.152 e. The molecular weight excluding hydrogens is 284 g/mol. The molecule has 5 heteroatoms. The van der Waals surface area contributed by atoms with Gasteiger partial charge in [0.15, 0.2) is 9.84 Å². The van der Waals surface area contributed by atoms with Gasteiger partial charge in [-0.1, -0.05) is 13.8 Å². The molecule has 4 nitrogen and oxygen atoms in total. The zero-order valence-corrected chi connectivity index (χ0v) is 14.7. The second kappa shape index (κ2) is 4.93. The lowest BCUT2D eigenvalue weighted by Crippen LogP contribution is -2.70. The number of rotatable bonds is 3. The van der Waals surface area contributed by atoms with Crippen LogP contribution in [-0.4, -0.2) is 55.0 Å². The standard InChI is InChI=1S/C16H30N2O2S/c1-12(2)14-9-17-16(4,13-5-6-13)10-18(14)15(3)7-8-21(19,20)11-15/h12-14,17H,5-11H2,1-4H3. The van der Waals surface area contributed by atoms with Gasteiger partial charge < -0.3 is 5.32 Å². The van der Waals surface area contributed by atoms with E-state index in [1.807, 2.05) is 0 Å². The molecule has 0 bridgehead atoms. The van der Waals surface area contributed by atoms with Crippen molar-refractivity contribution in [3.05, 3.63) is 0 Å². The minimum atomic E-state index is -2.86. The molecule has 3 unspecified atom stereocenters. The van der Waals surface area contributed by atoms with E-state index in [0.29, 0.717) is 23.5 Å². The van der Waals surface area contributed by atoms with Gasteiger partial charge in [0, 0.05) is 30.2 Å². The van der Waals surface area contributed by atoms with E-state index in [4.69, 9.17) is 0 Å². The Morgan fingerprint density at radius 1 is 1.24 bits per heavy atom. The summed E-state index contributed by atoms with van der Waals surface area (Å²) < 4.78 is 24.1. The molecule has 0 aromatic carbocycles. The predicted octanol–water partition coefficient (Wildman–Crippen LogP) is 1.66. The molecule has 122 valence electrons. The number of hydrogen-bond acceptors (Lipinski definition) is 4. The Kier molecular flexibility index (Phi) is 3.70. The van der Waals surface area contributed by atoms with Crippen molar-refractivity contribution in [2.45, 2.75) is 64.1 Å². The van der Waals surface area contributed by atoms with Crippen LogP contribution in [0.3, 0.4) is 0 Å². The van der Waals surface area contributed by atoms with Gasteiger partial charge >= 0.3 is 0 Å². The van der Waals surface area contributed by atoms with Crippen molar-refractivity contribution in [2.75, 3.05) is 24.6 Å². The molecule has 2 heterocycles. The first kappa shape index (κ1) is 15.8. The van der Waals surface area contributed by atoms with Crippen molar-refractivity contribution in [2.24, 2.45) is 11.8 Å². The Morgan fingerprint density at radius 2 is 1.90 bits per heavy atom. The van der Waals surface area contributed by atoms with Crippen LogP contribution in [0.1, 0.15) is 47.0 Å². The summed E-state index contributed by atoms with van der Waals surface area (Å²) in [5.41, 5.74) is -0.00717. The van der Waals surface area contributed by atoms with E-state index in [0.717, 1.165) is 25.4 Å². The summed E-state index contributed by atoms with van der Waals surface area (Å²) >= 11 is 0. The first-order valence-corrected chi connectivity index (χ1v) is 10.2. The summed E-state index contributed by atoms with van der Waals surface area (Å²) in [5.74, 6) is 2.01. The van der Waals surface area contributed by atoms with Crippen LogP contribution in [-0.2, 0) is 9.84 Å². The third-order valence-corrected chi connectivity index (χ3v) is 7.93. The summed E-state index contributed by atoms with van der Waals surface area (Å²) in [5, 5.41) is 3.79. The van der Waals surface area contributed by atoms with Crippen LogP contribution in [0.5, 0.6) is 0 Å². The molecule has 3 rings (SSSR count). The van der Waals surface area contributed by atoms with Gasteiger partial charge in [0.05, 0.1) is 11.5 Å². The lowest BCUT2D eigenvalue weighted by atomic mass is 9.83. The van der Waals surface area contributed by atoms with Gasteiger partial charge in [-0.2, -0.15) is 0 Å². The fourth-order valence-electron chi connectivity index (χ4n) is 4.38. The van der Waals surface area contributed by atoms with Crippen LogP contribution < -0.4 is 5.32 Å². The number of nitrogens with one attached hydrogen (secondary N) is 1. The van der Waals surface area contributed by atoms with Crippen LogP contribution in [0, 0.1) is 11.8 Å². The Hall–Kier alpha value is -0.130. The fraction of sp³-hybridized carbons (Fsp3) is 1.00. The molecule has 1 saturated carbocycles. The van der Waals surface area contributed by atoms with Gasteiger partial charge in [0.1, 0.15) is 0 Å². The number of hydrogen-bond donors (Lipinski definition) is 1. The van der Waals surface area contributed by atoms with E-state index in [1.165, 1.54) is 12.8 Å². The monoisotopic (exact) mass is 314 g/mol. The van der Waals surface area contributed by atoms with Gasteiger partial charge in [0.2, 0.25) is 0 Å². The van der Waals surface area contributed by atoms with Gasteiger partial charge in [-0.15, -0.1) is 0 Å². The lowest BCUT2D eigenvalue weighted by molar-refractivity contribution is -0.0162. The Balaban J connectivity index is 1.87. The summed E-state index contributed by atoms with van der Waals surface area (Å²) in [6.45, 7) is 11.0. The predicted molar refractivity (Wildman–Crippen MR) is 86.1 cm³/mol. The van der Waals surface area contributed by atoms with E-state index in [9.17, 15) is 8.42 Å². The molecule has 21 heavy (non-hydrogen) atoms. The molecule has 0 amide bonds. The molecule has 0 spiro atoms. The molecular formula is C16H30N2O2S. The third-order valence-electron chi connectivity index (χ3n) is 6.04. The molecule has 3 aliphatic rings. The normalized spacial score (nSPS) is 44.3. The summed E-state index contributed by atoms with van der Waals surface area (Å²) in [7, 11) is -2.86. The third kappa shape index (κ3) is 2.89. The minimum absolute atomic E-state index is 0.167. The number of nitrogens with zero attached hydrogens (tertiary/aromatic N) is 1.